The van der Waals surface area contributed by atoms with Gasteiger partial charge in [-0.2, -0.15) is 0 Å². The van der Waals surface area contributed by atoms with Crippen LogP contribution in [0.1, 0.15) is 43.8 Å². The minimum Gasteiger partial charge on any atom is -0.385 e. The van der Waals surface area contributed by atoms with Crippen LogP contribution in [0.3, 0.4) is 0 Å². The van der Waals surface area contributed by atoms with E-state index in [4.69, 9.17) is 4.74 Å². The lowest BCUT2D eigenvalue weighted by atomic mass is 10.2. The van der Waals surface area contributed by atoms with Crippen molar-refractivity contribution in [1.29, 1.82) is 0 Å². The van der Waals surface area contributed by atoms with Gasteiger partial charge in [0.2, 0.25) is 5.91 Å². The molecule has 120 valence electrons. The molecule has 0 radical (unpaired) electrons. The van der Waals surface area contributed by atoms with E-state index in [2.05, 4.69) is 24.1 Å². The summed E-state index contributed by atoms with van der Waals surface area (Å²) in [5.74, 6) is 0.526. The van der Waals surface area contributed by atoms with E-state index in [1.165, 1.54) is 0 Å². The van der Waals surface area contributed by atoms with E-state index in [1.54, 1.807) is 25.4 Å². The predicted octanol–water partition coefficient (Wildman–Crippen LogP) is 2.06. The van der Waals surface area contributed by atoms with Gasteiger partial charge >= 0.3 is 0 Å². The zero-order chi connectivity index (χ0) is 15.8. The van der Waals surface area contributed by atoms with Crippen LogP contribution in [-0.4, -0.2) is 40.6 Å². The van der Waals surface area contributed by atoms with E-state index < -0.39 is 16.0 Å². The third kappa shape index (κ3) is 6.23. The molecule has 0 aliphatic carbocycles. The SMILES string of the molecule is COCCCNC(=O)[C@H](C)[S@@](=O)Cc1csc(C(C)C)n1. The quantitative estimate of drug-likeness (QED) is 0.703. The summed E-state index contributed by atoms with van der Waals surface area (Å²) in [5, 5.41) is 5.21. The van der Waals surface area contributed by atoms with Gasteiger partial charge in [0, 0.05) is 42.4 Å². The lowest BCUT2D eigenvalue weighted by molar-refractivity contribution is -0.120. The number of amides is 1. The molecule has 1 amide bonds. The van der Waals surface area contributed by atoms with Crippen LogP contribution in [0.5, 0.6) is 0 Å². The van der Waals surface area contributed by atoms with Crippen LogP contribution < -0.4 is 5.32 Å². The second-order valence-corrected chi connectivity index (χ2v) is 7.78. The maximum Gasteiger partial charge on any atom is 0.235 e. The molecule has 5 nitrogen and oxygen atoms in total. The highest BCUT2D eigenvalue weighted by Gasteiger charge is 2.20. The molecule has 21 heavy (non-hydrogen) atoms. The maximum atomic E-state index is 12.2. The number of methoxy groups -OCH3 is 1. The molecule has 0 bridgehead atoms. The number of aromatic nitrogens is 1. The van der Waals surface area contributed by atoms with Gasteiger partial charge in [-0.25, -0.2) is 4.98 Å². The molecule has 0 aliphatic heterocycles. The van der Waals surface area contributed by atoms with Crippen LogP contribution in [0.4, 0.5) is 0 Å². The average molecular weight is 332 g/mol. The predicted molar refractivity (Wildman–Crippen MR) is 87.0 cm³/mol. The summed E-state index contributed by atoms with van der Waals surface area (Å²) in [6.07, 6.45) is 0.755. The number of carbonyl (C=O) groups excluding carboxylic acids is 1. The normalized spacial score (nSPS) is 14.1. The second-order valence-electron chi connectivity index (χ2n) is 5.14. The Kier molecular flexibility index (Phi) is 8.06. The van der Waals surface area contributed by atoms with E-state index >= 15 is 0 Å². The Labute approximate surface area is 133 Å². The molecular formula is C14H24N2O3S2. The Morgan fingerprint density at radius 2 is 2.19 bits per heavy atom. The minimum absolute atomic E-state index is 0.177. The van der Waals surface area contributed by atoms with E-state index in [0.717, 1.165) is 17.1 Å². The first-order valence-electron chi connectivity index (χ1n) is 7.03. The molecule has 1 N–H and O–H groups in total. The van der Waals surface area contributed by atoms with Crippen molar-refractivity contribution in [3.05, 3.63) is 16.1 Å². The van der Waals surface area contributed by atoms with Gasteiger partial charge in [-0.05, 0) is 13.3 Å². The summed E-state index contributed by atoms with van der Waals surface area (Å²) in [7, 11) is 0.372. The number of hydrogen-bond donors (Lipinski definition) is 1. The van der Waals surface area contributed by atoms with Crippen molar-refractivity contribution in [3.8, 4) is 0 Å². The second kappa shape index (κ2) is 9.27. The number of ether oxygens (including phenoxy) is 1. The van der Waals surface area contributed by atoms with Crippen LogP contribution in [0.2, 0.25) is 0 Å². The van der Waals surface area contributed by atoms with Crippen molar-refractivity contribution < 1.29 is 13.7 Å². The minimum atomic E-state index is -1.25. The number of nitrogens with zero attached hydrogens (tertiary/aromatic N) is 1. The summed E-state index contributed by atoms with van der Waals surface area (Å²) in [6, 6.07) is 0. The zero-order valence-electron chi connectivity index (χ0n) is 13.0. The third-order valence-corrected chi connectivity index (χ3v) is 5.72. The van der Waals surface area contributed by atoms with Crippen LogP contribution in [0.25, 0.3) is 0 Å². The van der Waals surface area contributed by atoms with Crippen LogP contribution in [-0.2, 0) is 26.1 Å². The van der Waals surface area contributed by atoms with Crippen LogP contribution in [0, 0.1) is 0 Å². The van der Waals surface area contributed by atoms with Crippen molar-refractivity contribution >= 4 is 28.0 Å². The summed E-state index contributed by atoms with van der Waals surface area (Å²) in [6.45, 7) is 7.00. The van der Waals surface area contributed by atoms with Crippen LogP contribution in [0.15, 0.2) is 5.38 Å². The summed E-state index contributed by atoms with van der Waals surface area (Å²) >= 11 is 1.58. The Hall–Kier alpha value is -0.790. The van der Waals surface area contributed by atoms with Gasteiger partial charge in [-0.15, -0.1) is 11.3 Å². The van der Waals surface area contributed by atoms with Crippen molar-refractivity contribution in [2.24, 2.45) is 0 Å². The lowest BCUT2D eigenvalue weighted by Gasteiger charge is -2.11. The highest BCUT2D eigenvalue weighted by molar-refractivity contribution is 7.85. The van der Waals surface area contributed by atoms with Crippen molar-refractivity contribution in [2.45, 2.75) is 44.1 Å². The Morgan fingerprint density at radius 3 is 2.76 bits per heavy atom. The van der Waals surface area contributed by atoms with Gasteiger partial charge in [-0.1, -0.05) is 13.8 Å². The van der Waals surface area contributed by atoms with Crippen molar-refractivity contribution in [2.75, 3.05) is 20.3 Å². The smallest absolute Gasteiger partial charge is 0.235 e. The van der Waals surface area contributed by atoms with Gasteiger partial charge in [0.15, 0.2) is 0 Å². The fraction of sp³-hybridized carbons (Fsp3) is 0.714. The molecule has 1 heterocycles. The molecule has 0 spiro atoms. The molecule has 0 fully saturated rings. The lowest BCUT2D eigenvalue weighted by Crippen LogP contribution is -2.36. The maximum absolute atomic E-state index is 12.2. The highest BCUT2D eigenvalue weighted by Crippen LogP contribution is 2.20. The van der Waals surface area contributed by atoms with Gasteiger partial charge in [0.1, 0.15) is 5.25 Å². The molecule has 1 rings (SSSR count). The zero-order valence-corrected chi connectivity index (χ0v) is 14.7. The van der Waals surface area contributed by atoms with Crippen molar-refractivity contribution in [3.63, 3.8) is 0 Å². The average Bonchev–Trinajstić information content (AvgIpc) is 2.91. The van der Waals surface area contributed by atoms with Gasteiger partial charge in [0.25, 0.3) is 0 Å². The molecule has 1 aromatic rings. The monoisotopic (exact) mass is 332 g/mol. The molecule has 0 aromatic carbocycles. The van der Waals surface area contributed by atoms with Crippen molar-refractivity contribution in [1.82, 2.24) is 10.3 Å². The molecule has 0 aliphatic rings. The number of thiazole rings is 1. The fourth-order valence-electron chi connectivity index (χ4n) is 1.62. The topological polar surface area (TPSA) is 68.3 Å². The van der Waals surface area contributed by atoms with Gasteiger partial charge in [-0.3, -0.25) is 9.00 Å². The molecule has 0 saturated heterocycles. The first-order chi connectivity index (χ1) is 9.95. The van der Waals surface area contributed by atoms with E-state index in [0.29, 0.717) is 24.8 Å². The van der Waals surface area contributed by atoms with E-state index in [1.807, 2.05) is 5.38 Å². The summed E-state index contributed by atoms with van der Waals surface area (Å²) in [5.41, 5.74) is 0.807. The largest absolute Gasteiger partial charge is 0.385 e. The molecule has 7 heteroatoms. The molecule has 2 atom stereocenters. The molecule has 0 saturated carbocycles. The first kappa shape index (κ1) is 18.3. The molecule has 1 aromatic heterocycles. The highest BCUT2D eigenvalue weighted by atomic mass is 32.2. The third-order valence-electron chi connectivity index (χ3n) is 2.94. The van der Waals surface area contributed by atoms with Crippen LogP contribution >= 0.6 is 11.3 Å². The summed E-state index contributed by atoms with van der Waals surface area (Å²) < 4.78 is 17.1. The summed E-state index contributed by atoms with van der Waals surface area (Å²) in [4.78, 5) is 16.3. The number of nitrogens with one attached hydrogen (secondary N) is 1. The van der Waals surface area contributed by atoms with E-state index in [-0.39, 0.29) is 5.91 Å². The number of rotatable bonds is 9. The number of hydrogen-bond acceptors (Lipinski definition) is 5. The van der Waals surface area contributed by atoms with Gasteiger partial charge in [0.05, 0.1) is 16.5 Å². The van der Waals surface area contributed by atoms with Gasteiger partial charge < -0.3 is 10.1 Å². The standard InChI is InChI=1S/C14H24N2O3S2/c1-10(2)14-16-12(8-20-14)9-21(18)11(3)13(17)15-6-5-7-19-4/h8,10-11H,5-7,9H2,1-4H3,(H,15,17)/t11-,21-/m0/s1. The molecule has 0 unspecified atom stereocenters. The Morgan fingerprint density at radius 1 is 1.48 bits per heavy atom. The fourth-order valence-corrected chi connectivity index (χ4v) is 3.57. The number of carbonyl (C=O) groups is 1. The Balaban J connectivity index is 2.44. The molecular weight excluding hydrogens is 308 g/mol. The Bertz CT molecular complexity index is 475. The van der Waals surface area contributed by atoms with E-state index in [9.17, 15) is 9.00 Å². The first-order valence-corrected chi connectivity index (χ1v) is 9.30.